The highest BCUT2D eigenvalue weighted by Gasteiger charge is 2.49. The highest BCUT2D eigenvalue weighted by molar-refractivity contribution is 6.32. The average Bonchev–Trinajstić information content (AvgIpc) is 2.90. The second-order valence-corrected chi connectivity index (χ2v) is 10.0. The van der Waals surface area contributed by atoms with Crippen molar-refractivity contribution in [2.75, 3.05) is 0 Å². The van der Waals surface area contributed by atoms with Gasteiger partial charge in [0.15, 0.2) is 6.10 Å². The molecule has 1 unspecified atom stereocenters. The monoisotopic (exact) mass is 541 g/mol. The summed E-state index contributed by atoms with van der Waals surface area (Å²) in [5, 5.41) is 10.5. The van der Waals surface area contributed by atoms with Crippen molar-refractivity contribution >= 4 is 23.5 Å². The number of carbonyl (C=O) groups excluding carboxylic acids is 1. The first-order valence-corrected chi connectivity index (χ1v) is 12.7. The molecule has 5 rings (SSSR count). The summed E-state index contributed by atoms with van der Waals surface area (Å²) in [6.45, 7) is 0.227. The molecule has 1 aliphatic heterocycles. The third-order valence-electron chi connectivity index (χ3n) is 6.93. The predicted molar refractivity (Wildman–Crippen MR) is 136 cm³/mol. The summed E-state index contributed by atoms with van der Waals surface area (Å²) in [6.07, 6.45) is -2.98. The van der Waals surface area contributed by atoms with Gasteiger partial charge in [-0.3, -0.25) is 4.79 Å². The van der Waals surface area contributed by atoms with Crippen molar-refractivity contribution < 1.29 is 33.0 Å². The van der Waals surface area contributed by atoms with Gasteiger partial charge in [0, 0.05) is 31.4 Å². The molecule has 1 aliphatic carbocycles. The van der Waals surface area contributed by atoms with Crippen LogP contribution in [0.15, 0.2) is 72.8 Å². The third kappa shape index (κ3) is 5.51. The molecule has 0 bridgehead atoms. The summed E-state index contributed by atoms with van der Waals surface area (Å²) in [5.41, 5.74) is 2.73. The fraction of sp³-hybridized carbons (Fsp3) is 0.310. The van der Waals surface area contributed by atoms with Crippen molar-refractivity contribution in [3.63, 3.8) is 0 Å². The van der Waals surface area contributed by atoms with Gasteiger partial charge in [0.05, 0.1) is 11.1 Å². The Morgan fingerprint density at radius 3 is 2.32 bits per heavy atom. The Hall–Kier alpha value is -3.49. The van der Waals surface area contributed by atoms with E-state index in [1.807, 2.05) is 30.3 Å². The lowest BCUT2D eigenvalue weighted by atomic mass is 9.90. The molecular weight excluding hydrogens is 516 g/mol. The minimum absolute atomic E-state index is 0.0164. The lowest BCUT2D eigenvalue weighted by Crippen LogP contribution is -2.51. The van der Waals surface area contributed by atoms with E-state index in [1.165, 1.54) is 4.90 Å². The first kappa shape index (κ1) is 26.1. The van der Waals surface area contributed by atoms with E-state index in [9.17, 15) is 23.5 Å². The molecule has 0 aromatic heterocycles. The first-order chi connectivity index (χ1) is 18.2. The minimum Gasteiger partial charge on any atom is -0.487 e. The lowest BCUT2D eigenvalue weighted by molar-refractivity contribution is -0.193. The summed E-state index contributed by atoms with van der Waals surface area (Å²) < 4.78 is 38.9. The number of aliphatic carboxylic acids is 1. The van der Waals surface area contributed by atoms with Crippen LogP contribution in [-0.4, -0.2) is 40.0 Å². The van der Waals surface area contributed by atoms with Crippen molar-refractivity contribution in [2.45, 2.75) is 56.6 Å². The lowest BCUT2D eigenvalue weighted by Gasteiger charge is -2.40. The van der Waals surface area contributed by atoms with Gasteiger partial charge >= 0.3 is 5.97 Å². The van der Waals surface area contributed by atoms with Gasteiger partial charge in [0.2, 0.25) is 0 Å². The number of hydrogen-bond acceptors (Lipinski definition) is 4. The quantitative estimate of drug-likeness (QED) is 0.389. The van der Waals surface area contributed by atoms with Crippen LogP contribution < -0.4 is 4.74 Å². The fourth-order valence-corrected chi connectivity index (χ4v) is 5.13. The third-order valence-corrected chi connectivity index (χ3v) is 7.22. The topological polar surface area (TPSA) is 76.1 Å². The predicted octanol–water partition coefficient (Wildman–Crippen LogP) is 5.81. The Bertz CT molecular complexity index is 1310. The SMILES string of the molecule is O=C(O)[C@@H]1Cc2c(ccc(Cl)c2OCc2ccccc2)CN1C(=O)C(OC1CC(F)(F)C1)c1ccccc1. The molecule has 198 valence electrons. The van der Waals surface area contributed by atoms with Crippen molar-refractivity contribution in [1.29, 1.82) is 0 Å². The summed E-state index contributed by atoms with van der Waals surface area (Å²) >= 11 is 6.45. The number of carbonyl (C=O) groups is 2. The standard InChI is InChI=1S/C29H26ClF2NO5/c30-23-12-11-20-16-33(24(28(35)36)13-22(20)26(23)37-17-18-7-3-1-4-8-18)27(34)25(19-9-5-2-6-10-19)38-21-14-29(31,32)15-21/h1-12,21,24-25H,13-17H2,(H,35,36)/t24-,25?/m0/s1. The number of amides is 1. The smallest absolute Gasteiger partial charge is 0.326 e. The molecule has 1 N–H and O–H groups in total. The van der Waals surface area contributed by atoms with Gasteiger partial charge in [0.1, 0.15) is 18.4 Å². The zero-order chi connectivity index (χ0) is 26.9. The average molecular weight is 542 g/mol. The van der Waals surface area contributed by atoms with Crippen molar-refractivity contribution in [3.8, 4) is 5.75 Å². The maximum Gasteiger partial charge on any atom is 0.326 e. The van der Waals surface area contributed by atoms with Crippen LogP contribution in [0, 0.1) is 0 Å². The summed E-state index contributed by atoms with van der Waals surface area (Å²) in [6, 6.07) is 20.2. The summed E-state index contributed by atoms with van der Waals surface area (Å²) in [4.78, 5) is 27.4. The van der Waals surface area contributed by atoms with Crippen molar-refractivity contribution in [2.24, 2.45) is 0 Å². The number of hydrogen-bond donors (Lipinski definition) is 1. The maximum atomic E-state index is 13.8. The van der Waals surface area contributed by atoms with Crippen LogP contribution in [0.25, 0.3) is 0 Å². The number of benzene rings is 3. The molecule has 3 aromatic carbocycles. The van der Waals surface area contributed by atoms with Gasteiger partial charge < -0.3 is 19.5 Å². The normalized spacial score (nSPS) is 19.2. The number of carboxylic acid groups (broad SMARTS) is 1. The molecule has 1 fully saturated rings. The molecule has 1 saturated carbocycles. The first-order valence-electron chi connectivity index (χ1n) is 12.3. The van der Waals surface area contributed by atoms with Crippen molar-refractivity contribution in [1.82, 2.24) is 4.90 Å². The van der Waals surface area contributed by atoms with Gasteiger partial charge in [-0.2, -0.15) is 0 Å². The number of halogens is 3. The maximum absolute atomic E-state index is 13.8. The van der Waals surface area contributed by atoms with Gasteiger partial charge in [-0.1, -0.05) is 78.3 Å². The molecule has 38 heavy (non-hydrogen) atoms. The van der Waals surface area contributed by atoms with Crippen LogP contribution in [-0.2, 0) is 33.9 Å². The van der Waals surface area contributed by atoms with E-state index in [0.717, 1.165) is 5.56 Å². The molecule has 0 spiro atoms. The van der Waals surface area contributed by atoms with Crippen LogP contribution in [0.2, 0.25) is 5.02 Å². The summed E-state index contributed by atoms with van der Waals surface area (Å²) in [7, 11) is 0. The highest BCUT2D eigenvalue weighted by atomic mass is 35.5. The molecule has 9 heteroatoms. The number of ether oxygens (including phenoxy) is 2. The molecular formula is C29H26ClF2NO5. The zero-order valence-electron chi connectivity index (χ0n) is 20.4. The number of fused-ring (bicyclic) bond motifs is 1. The second kappa shape index (κ2) is 10.7. The number of nitrogens with zero attached hydrogens (tertiary/aromatic N) is 1. The molecule has 2 atom stereocenters. The molecule has 1 heterocycles. The van der Waals surface area contributed by atoms with Crippen LogP contribution in [0.4, 0.5) is 8.78 Å². The Morgan fingerprint density at radius 1 is 1.03 bits per heavy atom. The Balaban J connectivity index is 1.43. The van der Waals surface area contributed by atoms with Crippen molar-refractivity contribution in [3.05, 3.63) is 100 Å². The zero-order valence-corrected chi connectivity index (χ0v) is 21.1. The second-order valence-electron chi connectivity index (χ2n) is 9.63. The van der Waals surface area contributed by atoms with Crippen LogP contribution >= 0.6 is 11.6 Å². The van der Waals surface area contributed by atoms with Crippen LogP contribution in [0.5, 0.6) is 5.75 Å². The minimum atomic E-state index is -2.82. The molecule has 0 saturated heterocycles. The molecule has 0 radical (unpaired) electrons. The van der Waals surface area contributed by atoms with E-state index >= 15 is 0 Å². The van der Waals surface area contributed by atoms with E-state index in [0.29, 0.717) is 27.5 Å². The number of carboxylic acids is 1. The molecule has 3 aromatic rings. The Labute approximate surface area is 223 Å². The van der Waals surface area contributed by atoms with Gasteiger partial charge in [0.25, 0.3) is 11.8 Å². The number of alkyl halides is 2. The van der Waals surface area contributed by atoms with Crippen LogP contribution in [0.1, 0.15) is 41.2 Å². The molecule has 1 amide bonds. The van der Waals surface area contributed by atoms with E-state index in [1.54, 1.807) is 42.5 Å². The van der Waals surface area contributed by atoms with Gasteiger partial charge in [-0.05, 0) is 22.8 Å². The van der Waals surface area contributed by atoms with E-state index in [-0.39, 0.29) is 19.6 Å². The molecule has 6 nitrogen and oxygen atoms in total. The van der Waals surface area contributed by atoms with Gasteiger partial charge in [-0.15, -0.1) is 0 Å². The van der Waals surface area contributed by atoms with Gasteiger partial charge in [-0.25, -0.2) is 13.6 Å². The van der Waals surface area contributed by atoms with E-state index < -0.39 is 48.9 Å². The van der Waals surface area contributed by atoms with E-state index in [4.69, 9.17) is 21.1 Å². The molecule has 2 aliphatic rings. The number of rotatable bonds is 8. The Kier molecular flexibility index (Phi) is 7.36. The fourth-order valence-electron chi connectivity index (χ4n) is 4.90. The summed E-state index contributed by atoms with van der Waals surface area (Å²) in [5.74, 6) is -4.22. The Morgan fingerprint density at radius 2 is 1.68 bits per heavy atom. The van der Waals surface area contributed by atoms with Crippen LogP contribution in [0.3, 0.4) is 0 Å². The largest absolute Gasteiger partial charge is 0.487 e. The van der Waals surface area contributed by atoms with E-state index in [2.05, 4.69) is 0 Å². The highest BCUT2D eigenvalue weighted by Crippen LogP contribution is 2.43.